The first-order valence-corrected chi connectivity index (χ1v) is 7.75. The van der Waals surface area contributed by atoms with Gasteiger partial charge in [0.2, 0.25) is 11.8 Å². The number of methoxy groups -OCH3 is 1. The molecule has 0 saturated carbocycles. The normalized spacial score (nSPS) is 18.5. The maximum Gasteiger partial charge on any atom is 0.267 e. The summed E-state index contributed by atoms with van der Waals surface area (Å²) in [6.07, 6.45) is -0.383. The summed E-state index contributed by atoms with van der Waals surface area (Å²) in [6.45, 7) is 5.03. The van der Waals surface area contributed by atoms with E-state index in [-0.39, 0.29) is 12.0 Å². The van der Waals surface area contributed by atoms with Gasteiger partial charge in [0, 0.05) is 18.3 Å². The molecule has 7 nitrogen and oxygen atoms in total. The Morgan fingerprint density at radius 2 is 2.27 bits per heavy atom. The van der Waals surface area contributed by atoms with Gasteiger partial charge in [0.15, 0.2) is 6.10 Å². The molecule has 8 heteroatoms. The van der Waals surface area contributed by atoms with E-state index in [9.17, 15) is 4.79 Å². The molecule has 0 aromatic carbocycles. The number of morpholine rings is 1. The Labute approximate surface area is 131 Å². The summed E-state index contributed by atoms with van der Waals surface area (Å²) in [5, 5.41) is 7.77. The van der Waals surface area contributed by atoms with Crippen LogP contribution in [0.2, 0.25) is 0 Å². The zero-order valence-electron chi connectivity index (χ0n) is 12.7. The van der Waals surface area contributed by atoms with E-state index in [4.69, 9.17) is 13.9 Å². The number of amides is 1. The Hall–Kier alpha value is -1.93. The number of hydrogen-bond acceptors (Lipinski definition) is 7. The molecule has 0 radical (unpaired) electrons. The minimum atomic E-state index is -0.383. The fourth-order valence-electron chi connectivity index (χ4n) is 2.36. The Morgan fingerprint density at radius 1 is 1.45 bits per heavy atom. The molecule has 118 valence electrons. The van der Waals surface area contributed by atoms with Gasteiger partial charge in [-0.25, -0.2) is 0 Å². The topological polar surface area (TPSA) is 77.7 Å². The first-order valence-electron chi connectivity index (χ1n) is 6.93. The maximum absolute atomic E-state index is 12.7. The molecule has 1 atom stereocenters. The summed E-state index contributed by atoms with van der Waals surface area (Å²) in [7, 11) is 1.57. The van der Waals surface area contributed by atoms with Gasteiger partial charge in [-0.2, -0.15) is 0 Å². The van der Waals surface area contributed by atoms with Crippen molar-refractivity contribution in [3.8, 4) is 5.75 Å². The molecule has 0 spiro atoms. The highest BCUT2D eigenvalue weighted by Crippen LogP contribution is 2.31. The average Bonchev–Trinajstić information content (AvgIpc) is 3.12. The number of nitrogens with zero attached hydrogens (tertiary/aromatic N) is 3. The van der Waals surface area contributed by atoms with Gasteiger partial charge in [0.05, 0.1) is 20.3 Å². The molecule has 1 aliphatic rings. The third kappa shape index (κ3) is 2.84. The van der Waals surface area contributed by atoms with E-state index >= 15 is 0 Å². The molecule has 0 N–H and O–H groups in total. The number of aryl methyl sites for hydroxylation is 2. The molecule has 3 rings (SSSR count). The average molecular weight is 323 g/mol. The van der Waals surface area contributed by atoms with Crippen molar-refractivity contribution in [1.29, 1.82) is 0 Å². The Kier molecular flexibility index (Phi) is 4.12. The van der Waals surface area contributed by atoms with Crippen LogP contribution in [0.1, 0.15) is 32.4 Å². The Morgan fingerprint density at radius 3 is 2.95 bits per heavy atom. The number of carbonyl (C=O) groups excluding carboxylic acids is 1. The lowest BCUT2D eigenvalue weighted by molar-refractivity contribution is -0.0348. The van der Waals surface area contributed by atoms with Crippen LogP contribution in [-0.2, 0) is 4.74 Å². The third-order valence-corrected chi connectivity index (χ3v) is 4.43. The number of ether oxygens (including phenoxy) is 2. The van der Waals surface area contributed by atoms with E-state index in [2.05, 4.69) is 10.2 Å². The molecular weight excluding hydrogens is 306 g/mol. The van der Waals surface area contributed by atoms with Crippen LogP contribution in [0.15, 0.2) is 10.5 Å². The van der Waals surface area contributed by atoms with Crippen LogP contribution in [0.5, 0.6) is 5.75 Å². The molecular formula is C14H17N3O4S. The van der Waals surface area contributed by atoms with Crippen molar-refractivity contribution in [2.75, 3.05) is 26.8 Å². The second-order valence-corrected chi connectivity index (χ2v) is 6.28. The predicted molar refractivity (Wildman–Crippen MR) is 79.2 cm³/mol. The van der Waals surface area contributed by atoms with E-state index in [1.807, 2.05) is 13.0 Å². The SMILES string of the molecule is COc1cc(C)sc1C(=O)N1CCO[C@H](c2nnc(C)o2)C1. The number of hydrogen-bond donors (Lipinski definition) is 0. The van der Waals surface area contributed by atoms with Crippen molar-refractivity contribution < 1.29 is 18.7 Å². The van der Waals surface area contributed by atoms with E-state index in [0.717, 1.165) is 4.88 Å². The lowest BCUT2D eigenvalue weighted by atomic mass is 10.2. The quantitative estimate of drug-likeness (QED) is 0.859. The van der Waals surface area contributed by atoms with Crippen molar-refractivity contribution in [1.82, 2.24) is 15.1 Å². The van der Waals surface area contributed by atoms with Gasteiger partial charge in [-0.3, -0.25) is 4.79 Å². The number of thiophene rings is 1. The van der Waals surface area contributed by atoms with Crippen molar-refractivity contribution in [3.63, 3.8) is 0 Å². The predicted octanol–water partition coefficient (Wildman–Crippen LogP) is 1.97. The van der Waals surface area contributed by atoms with Crippen molar-refractivity contribution in [2.45, 2.75) is 20.0 Å². The van der Waals surface area contributed by atoms with Gasteiger partial charge in [-0.1, -0.05) is 0 Å². The van der Waals surface area contributed by atoms with Gasteiger partial charge < -0.3 is 18.8 Å². The minimum absolute atomic E-state index is 0.0560. The molecule has 1 amide bonds. The summed E-state index contributed by atoms with van der Waals surface area (Å²) < 4.78 is 16.3. The summed E-state index contributed by atoms with van der Waals surface area (Å²) in [4.78, 5) is 16.1. The van der Waals surface area contributed by atoms with Crippen molar-refractivity contribution in [3.05, 3.63) is 27.6 Å². The van der Waals surface area contributed by atoms with Gasteiger partial charge in [-0.15, -0.1) is 21.5 Å². The van der Waals surface area contributed by atoms with Gasteiger partial charge in [0.1, 0.15) is 10.6 Å². The van der Waals surface area contributed by atoms with Crippen molar-refractivity contribution in [2.24, 2.45) is 0 Å². The molecule has 2 aromatic heterocycles. The molecule has 0 unspecified atom stereocenters. The molecule has 2 aromatic rings. The molecule has 1 fully saturated rings. The van der Waals surface area contributed by atoms with E-state index in [1.165, 1.54) is 11.3 Å². The molecule has 1 saturated heterocycles. The largest absolute Gasteiger partial charge is 0.495 e. The van der Waals surface area contributed by atoms with Crippen LogP contribution in [0, 0.1) is 13.8 Å². The van der Waals surface area contributed by atoms with E-state index < -0.39 is 0 Å². The van der Waals surface area contributed by atoms with Gasteiger partial charge in [-0.05, 0) is 13.0 Å². The van der Waals surface area contributed by atoms with E-state index in [1.54, 1.807) is 18.9 Å². The van der Waals surface area contributed by atoms with E-state index in [0.29, 0.717) is 42.1 Å². The standard InChI is InChI=1S/C14H17N3O4S/c1-8-6-10(19-3)12(22-8)14(18)17-4-5-20-11(7-17)13-16-15-9(2)21-13/h6,11H,4-5,7H2,1-3H3/t11-/m0/s1. The fraction of sp³-hybridized carbons (Fsp3) is 0.500. The maximum atomic E-state index is 12.7. The smallest absolute Gasteiger partial charge is 0.267 e. The van der Waals surface area contributed by atoms with Crippen LogP contribution in [0.25, 0.3) is 0 Å². The number of aromatic nitrogens is 2. The monoisotopic (exact) mass is 323 g/mol. The van der Waals surface area contributed by atoms with Crippen LogP contribution in [0.3, 0.4) is 0 Å². The highest BCUT2D eigenvalue weighted by atomic mass is 32.1. The molecule has 22 heavy (non-hydrogen) atoms. The zero-order valence-corrected chi connectivity index (χ0v) is 13.5. The molecule has 0 aliphatic carbocycles. The first-order chi connectivity index (χ1) is 10.6. The van der Waals surface area contributed by atoms with Crippen LogP contribution in [-0.4, -0.2) is 47.8 Å². The Balaban J connectivity index is 1.78. The fourth-order valence-corrected chi connectivity index (χ4v) is 3.31. The summed E-state index contributed by atoms with van der Waals surface area (Å²) in [5.41, 5.74) is 0. The van der Waals surface area contributed by atoms with Crippen LogP contribution in [0.4, 0.5) is 0 Å². The highest BCUT2D eigenvalue weighted by molar-refractivity contribution is 7.14. The third-order valence-electron chi connectivity index (χ3n) is 3.41. The molecule has 0 bridgehead atoms. The summed E-state index contributed by atoms with van der Waals surface area (Å²) >= 11 is 1.43. The number of rotatable bonds is 3. The van der Waals surface area contributed by atoms with Crippen LogP contribution >= 0.6 is 11.3 Å². The van der Waals surface area contributed by atoms with Crippen LogP contribution < -0.4 is 4.74 Å². The Bertz CT molecular complexity index is 681. The summed E-state index contributed by atoms with van der Waals surface area (Å²) in [5.74, 6) is 1.45. The lowest BCUT2D eigenvalue weighted by Gasteiger charge is -2.31. The molecule has 3 heterocycles. The zero-order chi connectivity index (χ0) is 15.7. The minimum Gasteiger partial charge on any atom is -0.495 e. The number of carbonyl (C=O) groups is 1. The summed E-state index contributed by atoms with van der Waals surface area (Å²) in [6, 6.07) is 1.87. The highest BCUT2D eigenvalue weighted by Gasteiger charge is 2.31. The first kappa shape index (κ1) is 15.0. The lowest BCUT2D eigenvalue weighted by Crippen LogP contribution is -2.42. The van der Waals surface area contributed by atoms with Crippen molar-refractivity contribution >= 4 is 17.2 Å². The second kappa shape index (κ2) is 6.05. The van der Waals surface area contributed by atoms with Gasteiger partial charge >= 0.3 is 0 Å². The molecule has 1 aliphatic heterocycles. The van der Waals surface area contributed by atoms with Gasteiger partial charge in [0.25, 0.3) is 5.91 Å². The second-order valence-electron chi connectivity index (χ2n) is 5.02.